The lowest BCUT2D eigenvalue weighted by molar-refractivity contribution is -0.116. The van der Waals surface area contributed by atoms with E-state index >= 15 is 0 Å². The van der Waals surface area contributed by atoms with Crippen molar-refractivity contribution in [3.8, 4) is 0 Å². The molecule has 2 aromatic rings. The van der Waals surface area contributed by atoms with Gasteiger partial charge in [0.15, 0.2) is 0 Å². The van der Waals surface area contributed by atoms with Crippen molar-refractivity contribution >= 4 is 27.3 Å². The number of aryl methyl sites for hydroxylation is 2. The van der Waals surface area contributed by atoms with Gasteiger partial charge in [-0.15, -0.1) is 0 Å². The van der Waals surface area contributed by atoms with Crippen molar-refractivity contribution < 1.29 is 13.2 Å². The van der Waals surface area contributed by atoms with E-state index in [1.54, 1.807) is 12.1 Å². The zero-order valence-electron chi connectivity index (χ0n) is 14.8. The molecule has 0 atom stereocenters. The van der Waals surface area contributed by atoms with Gasteiger partial charge in [-0.2, -0.15) is 0 Å². The maximum Gasteiger partial charge on any atom is 0.232 e. The number of para-hydroxylation sites is 1. The van der Waals surface area contributed by atoms with Crippen molar-refractivity contribution in [1.82, 2.24) is 0 Å². The smallest absolute Gasteiger partial charge is 0.232 e. The summed E-state index contributed by atoms with van der Waals surface area (Å²) < 4.78 is 25.7. The van der Waals surface area contributed by atoms with E-state index in [4.69, 9.17) is 0 Å². The van der Waals surface area contributed by atoms with Crippen molar-refractivity contribution in [3.63, 3.8) is 0 Å². The number of nitrogens with one attached hydrogen (secondary N) is 1. The minimum Gasteiger partial charge on any atom is -0.326 e. The molecule has 6 heteroatoms. The standard InChI is InChI=1S/C19H24N2O3S/c1-4-16-9-5-6-11-18(16)21(25(3,23)24)13-12-19(22)20-17-10-7-8-15(2)14-17/h5-11,14H,4,12-13H2,1-3H3,(H,20,22). The predicted molar refractivity (Wildman–Crippen MR) is 102 cm³/mol. The molecule has 5 nitrogen and oxygen atoms in total. The summed E-state index contributed by atoms with van der Waals surface area (Å²) in [7, 11) is -3.47. The van der Waals surface area contributed by atoms with Crippen LogP contribution in [0.25, 0.3) is 0 Å². The highest BCUT2D eigenvalue weighted by molar-refractivity contribution is 7.92. The van der Waals surface area contributed by atoms with E-state index in [-0.39, 0.29) is 18.9 Å². The number of anilines is 2. The molecule has 0 fully saturated rings. The average molecular weight is 360 g/mol. The molecule has 0 aliphatic carbocycles. The molecule has 0 heterocycles. The summed E-state index contributed by atoms with van der Waals surface area (Å²) in [4.78, 5) is 12.2. The van der Waals surface area contributed by atoms with E-state index in [1.165, 1.54) is 4.31 Å². The highest BCUT2D eigenvalue weighted by Crippen LogP contribution is 2.23. The molecular formula is C19H24N2O3S. The van der Waals surface area contributed by atoms with E-state index in [2.05, 4.69) is 5.32 Å². The Morgan fingerprint density at radius 3 is 2.48 bits per heavy atom. The summed E-state index contributed by atoms with van der Waals surface area (Å²) >= 11 is 0. The molecule has 0 saturated carbocycles. The van der Waals surface area contributed by atoms with Gasteiger partial charge in [0.2, 0.25) is 15.9 Å². The maximum absolute atomic E-state index is 12.2. The number of rotatable bonds is 7. The zero-order valence-corrected chi connectivity index (χ0v) is 15.6. The number of nitrogens with zero attached hydrogens (tertiary/aromatic N) is 1. The fourth-order valence-electron chi connectivity index (χ4n) is 2.67. The SMILES string of the molecule is CCc1ccccc1N(CCC(=O)Nc1cccc(C)c1)S(C)(=O)=O. The van der Waals surface area contributed by atoms with Crippen LogP contribution < -0.4 is 9.62 Å². The van der Waals surface area contributed by atoms with Gasteiger partial charge in [-0.3, -0.25) is 9.10 Å². The Balaban J connectivity index is 2.12. The number of carbonyl (C=O) groups excluding carboxylic acids is 1. The molecule has 25 heavy (non-hydrogen) atoms. The van der Waals surface area contributed by atoms with Crippen LogP contribution in [0.15, 0.2) is 48.5 Å². The first-order valence-corrected chi connectivity index (χ1v) is 10.1. The highest BCUT2D eigenvalue weighted by Gasteiger charge is 2.20. The van der Waals surface area contributed by atoms with Crippen molar-refractivity contribution in [2.24, 2.45) is 0 Å². The first-order valence-electron chi connectivity index (χ1n) is 8.23. The molecule has 0 spiro atoms. The highest BCUT2D eigenvalue weighted by atomic mass is 32.2. The van der Waals surface area contributed by atoms with Gasteiger partial charge in [0.25, 0.3) is 0 Å². The molecule has 0 aliphatic rings. The van der Waals surface area contributed by atoms with Crippen molar-refractivity contribution in [2.45, 2.75) is 26.7 Å². The van der Waals surface area contributed by atoms with Crippen LogP contribution in [0.2, 0.25) is 0 Å². The summed E-state index contributed by atoms with van der Waals surface area (Å²) in [6.07, 6.45) is 1.97. The second-order valence-corrected chi connectivity index (χ2v) is 7.89. The Hall–Kier alpha value is -2.34. The molecule has 0 radical (unpaired) electrons. The molecule has 2 rings (SSSR count). The third-order valence-electron chi connectivity index (χ3n) is 3.89. The van der Waals surface area contributed by atoms with Crippen LogP contribution in [0.5, 0.6) is 0 Å². The van der Waals surface area contributed by atoms with Gasteiger partial charge in [0, 0.05) is 18.7 Å². The molecule has 0 aromatic heterocycles. The lowest BCUT2D eigenvalue weighted by Gasteiger charge is -2.24. The number of hydrogen-bond acceptors (Lipinski definition) is 3. The second kappa shape index (κ2) is 8.16. The van der Waals surface area contributed by atoms with Crippen LogP contribution in [-0.2, 0) is 21.2 Å². The molecule has 2 aromatic carbocycles. The summed E-state index contributed by atoms with van der Waals surface area (Å²) in [6.45, 7) is 4.03. The summed E-state index contributed by atoms with van der Waals surface area (Å²) in [5.41, 5.74) is 3.33. The van der Waals surface area contributed by atoms with Crippen molar-refractivity contribution in [3.05, 3.63) is 59.7 Å². The van der Waals surface area contributed by atoms with Crippen LogP contribution in [0, 0.1) is 6.92 Å². The fourth-order valence-corrected chi connectivity index (χ4v) is 3.63. The third-order valence-corrected chi connectivity index (χ3v) is 5.07. The molecule has 0 saturated heterocycles. The van der Waals surface area contributed by atoms with E-state index in [9.17, 15) is 13.2 Å². The molecule has 1 amide bonds. The molecule has 0 unspecified atom stereocenters. The topological polar surface area (TPSA) is 66.5 Å². The number of carbonyl (C=O) groups is 1. The quantitative estimate of drug-likeness (QED) is 0.823. The van der Waals surface area contributed by atoms with Gasteiger partial charge in [-0.1, -0.05) is 37.3 Å². The number of sulfonamides is 1. The second-order valence-electron chi connectivity index (χ2n) is 5.99. The summed E-state index contributed by atoms with van der Waals surface area (Å²) in [5.74, 6) is -0.215. The van der Waals surface area contributed by atoms with Crippen molar-refractivity contribution in [1.29, 1.82) is 0 Å². The Labute approximate surface area is 149 Å². The Kier molecular flexibility index (Phi) is 6.20. The molecule has 134 valence electrons. The van der Waals surface area contributed by atoms with Crippen LogP contribution >= 0.6 is 0 Å². The Morgan fingerprint density at radius 2 is 1.84 bits per heavy atom. The third kappa shape index (κ3) is 5.32. The lowest BCUT2D eigenvalue weighted by Crippen LogP contribution is -2.33. The van der Waals surface area contributed by atoms with Gasteiger partial charge in [-0.05, 0) is 42.7 Å². The minimum absolute atomic E-state index is 0.0824. The Bertz CT molecular complexity index is 847. The van der Waals surface area contributed by atoms with E-state index in [0.717, 1.165) is 23.8 Å². The zero-order chi connectivity index (χ0) is 18.4. The van der Waals surface area contributed by atoms with Gasteiger partial charge in [-0.25, -0.2) is 8.42 Å². The van der Waals surface area contributed by atoms with E-state index in [0.29, 0.717) is 11.4 Å². The molecule has 1 N–H and O–H groups in total. The summed E-state index contributed by atoms with van der Waals surface area (Å²) in [6, 6.07) is 14.9. The summed E-state index contributed by atoms with van der Waals surface area (Å²) in [5, 5.41) is 2.81. The van der Waals surface area contributed by atoms with E-state index in [1.807, 2.05) is 50.2 Å². The van der Waals surface area contributed by atoms with E-state index < -0.39 is 10.0 Å². The fraction of sp³-hybridized carbons (Fsp3) is 0.316. The van der Waals surface area contributed by atoms with Gasteiger partial charge in [0.1, 0.15) is 0 Å². The number of amides is 1. The van der Waals surface area contributed by atoms with Crippen LogP contribution in [-0.4, -0.2) is 27.1 Å². The maximum atomic E-state index is 12.2. The van der Waals surface area contributed by atoms with Crippen LogP contribution in [0.1, 0.15) is 24.5 Å². The largest absolute Gasteiger partial charge is 0.326 e. The molecule has 0 aliphatic heterocycles. The van der Waals surface area contributed by atoms with Crippen molar-refractivity contribution in [2.75, 3.05) is 22.4 Å². The van der Waals surface area contributed by atoms with Gasteiger partial charge < -0.3 is 5.32 Å². The number of hydrogen-bond donors (Lipinski definition) is 1. The minimum atomic E-state index is -3.47. The normalized spacial score (nSPS) is 11.2. The molecule has 0 bridgehead atoms. The van der Waals surface area contributed by atoms with Crippen LogP contribution in [0.3, 0.4) is 0 Å². The average Bonchev–Trinajstić information content (AvgIpc) is 2.54. The van der Waals surface area contributed by atoms with Gasteiger partial charge >= 0.3 is 0 Å². The first-order chi connectivity index (χ1) is 11.8. The molecular weight excluding hydrogens is 336 g/mol. The predicted octanol–water partition coefficient (Wildman–Crippen LogP) is 3.35. The van der Waals surface area contributed by atoms with Crippen LogP contribution in [0.4, 0.5) is 11.4 Å². The first kappa shape index (κ1) is 19.0. The van der Waals surface area contributed by atoms with Gasteiger partial charge in [0.05, 0.1) is 11.9 Å². The monoisotopic (exact) mass is 360 g/mol. The number of benzene rings is 2. The Morgan fingerprint density at radius 1 is 1.12 bits per heavy atom. The lowest BCUT2D eigenvalue weighted by atomic mass is 10.1.